The molecule has 1 saturated carbocycles. The van der Waals surface area contributed by atoms with Crippen LogP contribution in [0.3, 0.4) is 0 Å². The molecule has 15 heavy (non-hydrogen) atoms. The van der Waals surface area contributed by atoms with Gasteiger partial charge in [-0.25, -0.2) is 0 Å². The van der Waals surface area contributed by atoms with E-state index in [2.05, 4.69) is 0 Å². The number of ether oxygens (including phenoxy) is 1. The highest BCUT2D eigenvalue weighted by molar-refractivity contribution is 6.31. The van der Waals surface area contributed by atoms with Crippen molar-refractivity contribution in [2.75, 3.05) is 7.11 Å². The normalized spacial score (nSPS) is 18.3. The molecule has 1 aliphatic carbocycles. The molecule has 82 valence electrons. The molecule has 1 aromatic carbocycles. The fraction of sp³-hybridized carbons (Fsp3) is 0.500. The van der Waals surface area contributed by atoms with Crippen molar-refractivity contribution in [3.63, 3.8) is 0 Å². The number of hydrogen-bond donors (Lipinski definition) is 0. The Labute approximate surface area is 100 Å². The van der Waals surface area contributed by atoms with E-state index in [9.17, 15) is 0 Å². The van der Waals surface area contributed by atoms with Crippen molar-refractivity contribution in [1.82, 2.24) is 0 Å². The molecule has 0 spiro atoms. The van der Waals surface area contributed by atoms with Crippen LogP contribution in [0.4, 0.5) is 0 Å². The van der Waals surface area contributed by atoms with E-state index in [0.29, 0.717) is 5.92 Å². The third kappa shape index (κ3) is 2.24. The van der Waals surface area contributed by atoms with E-state index in [1.165, 1.54) is 19.3 Å². The Morgan fingerprint density at radius 2 is 2.13 bits per heavy atom. The lowest BCUT2D eigenvalue weighted by Gasteiger charge is -2.30. The summed E-state index contributed by atoms with van der Waals surface area (Å²) in [6, 6.07) is 5.62. The molecule has 1 unspecified atom stereocenters. The van der Waals surface area contributed by atoms with Crippen molar-refractivity contribution < 1.29 is 4.74 Å². The highest BCUT2D eigenvalue weighted by Crippen LogP contribution is 2.45. The molecule has 0 radical (unpaired) electrons. The molecule has 0 bridgehead atoms. The first-order valence-electron chi connectivity index (χ1n) is 5.20. The van der Waals surface area contributed by atoms with Gasteiger partial charge in [-0.05, 0) is 37.0 Å². The van der Waals surface area contributed by atoms with Gasteiger partial charge in [0.15, 0.2) is 0 Å². The van der Waals surface area contributed by atoms with Gasteiger partial charge in [0.05, 0.1) is 12.5 Å². The van der Waals surface area contributed by atoms with E-state index in [0.717, 1.165) is 16.3 Å². The molecule has 1 fully saturated rings. The monoisotopic (exact) mass is 244 g/mol. The molecule has 0 aliphatic heterocycles. The van der Waals surface area contributed by atoms with Gasteiger partial charge < -0.3 is 4.74 Å². The van der Waals surface area contributed by atoms with Crippen LogP contribution in [0.1, 0.15) is 30.2 Å². The van der Waals surface area contributed by atoms with Crippen LogP contribution in [-0.2, 0) is 0 Å². The minimum absolute atomic E-state index is 0.0346. The van der Waals surface area contributed by atoms with E-state index < -0.39 is 0 Å². The lowest BCUT2D eigenvalue weighted by molar-refractivity contribution is 0.300. The molecule has 0 amide bonds. The van der Waals surface area contributed by atoms with Gasteiger partial charge in [-0.2, -0.15) is 0 Å². The highest BCUT2D eigenvalue weighted by Gasteiger charge is 2.28. The quantitative estimate of drug-likeness (QED) is 0.716. The molecule has 1 aliphatic rings. The molecule has 0 saturated heterocycles. The number of alkyl halides is 1. The summed E-state index contributed by atoms with van der Waals surface area (Å²) in [6.07, 6.45) is 3.71. The van der Waals surface area contributed by atoms with Crippen molar-refractivity contribution in [2.24, 2.45) is 5.92 Å². The van der Waals surface area contributed by atoms with Crippen LogP contribution < -0.4 is 4.74 Å². The average molecular weight is 245 g/mol. The first-order valence-corrected chi connectivity index (χ1v) is 6.01. The Balaban J connectivity index is 2.27. The van der Waals surface area contributed by atoms with E-state index >= 15 is 0 Å². The van der Waals surface area contributed by atoms with Crippen LogP contribution in [0, 0.1) is 5.92 Å². The van der Waals surface area contributed by atoms with Gasteiger partial charge in [0.25, 0.3) is 0 Å². The highest BCUT2D eigenvalue weighted by atomic mass is 35.5. The topological polar surface area (TPSA) is 9.23 Å². The van der Waals surface area contributed by atoms with Crippen molar-refractivity contribution in [3.8, 4) is 5.75 Å². The molecule has 1 atom stereocenters. The summed E-state index contributed by atoms with van der Waals surface area (Å²) in [6.45, 7) is 0. The van der Waals surface area contributed by atoms with Gasteiger partial charge in [0.1, 0.15) is 5.75 Å². The first-order chi connectivity index (χ1) is 7.22. The lowest BCUT2D eigenvalue weighted by atomic mass is 9.80. The second-order valence-corrected chi connectivity index (χ2v) is 4.89. The fourth-order valence-corrected chi connectivity index (χ4v) is 2.51. The van der Waals surface area contributed by atoms with Gasteiger partial charge >= 0.3 is 0 Å². The smallest absolute Gasteiger partial charge is 0.123 e. The summed E-state index contributed by atoms with van der Waals surface area (Å²) >= 11 is 12.4. The number of rotatable bonds is 3. The largest absolute Gasteiger partial charge is 0.496 e. The molecule has 2 rings (SSSR count). The van der Waals surface area contributed by atoms with Crippen LogP contribution in [-0.4, -0.2) is 7.11 Å². The maximum absolute atomic E-state index is 6.43. The number of methoxy groups -OCH3 is 1. The van der Waals surface area contributed by atoms with E-state index in [1.54, 1.807) is 7.11 Å². The summed E-state index contributed by atoms with van der Waals surface area (Å²) in [4.78, 5) is 0. The lowest BCUT2D eigenvalue weighted by Crippen LogP contribution is -2.17. The molecule has 0 N–H and O–H groups in total. The van der Waals surface area contributed by atoms with Crippen molar-refractivity contribution in [2.45, 2.75) is 24.6 Å². The second kappa shape index (κ2) is 4.63. The molecule has 1 nitrogen and oxygen atoms in total. The molecular formula is C12H14Cl2O. The van der Waals surface area contributed by atoms with Gasteiger partial charge in [-0.15, -0.1) is 11.6 Å². The minimum Gasteiger partial charge on any atom is -0.496 e. The number of halogens is 2. The Kier molecular flexibility index (Phi) is 3.42. The van der Waals surface area contributed by atoms with E-state index in [-0.39, 0.29) is 5.38 Å². The van der Waals surface area contributed by atoms with E-state index in [4.69, 9.17) is 27.9 Å². The predicted octanol–water partition coefficient (Wildman–Crippen LogP) is 4.43. The number of benzene rings is 1. The van der Waals surface area contributed by atoms with Crippen molar-refractivity contribution >= 4 is 23.2 Å². The predicted molar refractivity (Wildman–Crippen MR) is 63.9 cm³/mol. The van der Waals surface area contributed by atoms with Crippen LogP contribution >= 0.6 is 23.2 Å². The van der Waals surface area contributed by atoms with Gasteiger partial charge in [0.2, 0.25) is 0 Å². The third-order valence-corrected chi connectivity index (χ3v) is 3.88. The third-order valence-electron chi connectivity index (χ3n) is 3.05. The standard InChI is InChI=1S/C12H14Cl2O/c1-15-11-6-5-9(13)7-10(11)12(14)8-3-2-4-8/h5-8,12H,2-4H2,1H3. The fourth-order valence-electron chi connectivity index (χ4n) is 1.91. The SMILES string of the molecule is COc1ccc(Cl)cc1C(Cl)C1CCC1. The molecule has 0 heterocycles. The average Bonchev–Trinajstić information content (AvgIpc) is 2.15. The Bertz CT molecular complexity index is 347. The van der Waals surface area contributed by atoms with Crippen LogP contribution in [0.25, 0.3) is 0 Å². The van der Waals surface area contributed by atoms with Crippen molar-refractivity contribution in [1.29, 1.82) is 0 Å². The Hall–Kier alpha value is -0.400. The van der Waals surface area contributed by atoms with Gasteiger partial charge in [-0.3, -0.25) is 0 Å². The van der Waals surface area contributed by atoms with Crippen molar-refractivity contribution in [3.05, 3.63) is 28.8 Å². The second-order valence-electron chi connectivity index (χ2n) is 3.98. The first kappa shape index (κ1) is 11.1. The molecular weight excluding hydrogens is 231 g/mol. The molecule has 1 aromatic rings. The van der Waals surface area contributed by atoms with Crippen LogP contribution in [0.2, 0.25) is 5.02 Å². The summed E-state index contributed by atoms with van der Waals surface area (Å²) in [7, 11) is 1.66. The maximum atomic E-state index is 6.43. The summed E-state index contributed by atoms with van der Waals surface area (Å²) in [5, 5.41) is 0.753. The maximum Gasteiger partial charge on any atom is 0.123 e. The molecule has 3 heteroatoms. The molecule has 0 aromatic heterocycles. The van der Waals surface area contributed by atoms with E-state index in [1.807, 2.05) is 18.2 Å². The Morgan fingerprint density at radius 3 is 2.67 bits per heavy atom. The number of hydrogen-bond acceptors (Lipinski definition) is 1. The summed E-state index contributed by atoms with van der Waals surface area (Å²) < 4.78 is 5.30. The minimum atomic E-state index is 0.0346. The van der Waals surface area contributed by atoms with Gasteiger partial charge in [0, 0.05) is 10.6 Å². The zero-order chi connectivity index (χ0) is 10.8. The zero-order valence-corrected chi connectivity index (χ0v) is 10.2. The zero-order valence-electron chi connectivity index (χ0n) is 8.67. The summed E-state index contributed by atoms with van der Waals surface area (Å²) in [5.74, 6) is 1.42. The van der Waals surface area contributed by atoms with Crippen LogP contribution in [0.15, 0.2) is 18.2 Å². The van der Waals surface area contributed by atoms with Gasteiger partial charge in [-0.1, -0.05) is 18.0 Å². The van der Waals surface area contributed by atoms with Crippen LogP contribution in [0.5, 0.6) is 5.75 Å². The summed E-state index contributed by atoms with van der Waals surface area (Å²) in [5.41, 5.74) is 1.02. The Morgan fingerprint density at radius 1 is 1.40 bits per heavy atom.